The molecule has 0 aliphatic carbocycles. The molecule has 0 amide bonds. The molecule has 68 valence electrons. The molecule has 2 heteroatoms. The minimum atomic E-state index is 0.500. The third kappa shape index (κ3) is 3.39. The maximum atomic E-state index is 5.46. The van der Waals surface area contributed by atoms with Crippen LogP contribution in [-0.4, -0.2) is 18.6 Å². The molecule has 0 saturated carbocycles. The van der Waals surface area contributed by atoms with Gasteiger partial charge in [-0.1, -0.05) is 24.8 Å². The summed E-state index contributed by atoms with van der Waals surface area (Å²) in [6.07, 6.45) is 6.00. The largest absolute Gasteiger partial charge is 0.362 e. The maximum Gasteiger partial charge on any atom is 0.0653 e. The molecule has 12 heavy (non-hydrogen) atoms. The second kappa shape index (κ2) is 5.61. The minimum absolute atomic E-state index is 0.500. The van der Waals surface area contributed by atoms with Gasteiger partial charge in [-0.05, 0) is 19.4 Å². The van der Waals surface area contributed by atoms with Crippen molar-refractivity contribution in [1.29, 1.82) is 0 Å². The Morgan fingerprint density at radius 2 is 2.17 bits per heavy atom. The number of hydrogen-bond acceptors (Lipinski definition) is 2. The van der Waals surface area contributed by atoms with E-state index < -0.39 is 0 Å². The molecule has 2 nitrogen and oxygen atoms in total. The highest BCUT2D eigenvalue weighted by Gasteiger charge is 1.99. The second-order valence-electron chi connectivity index (χ2n) is 2.70. The van der Waals surface area contributed by atoms with E-state index in [1.165, 1.54) is 0 Å². The van der Waals surface area contributed by atoms with E-state index in [-0.39, 0.29) is 0 Å². The molecule has 0 aliphatic heterocycles. The Kier molecular flexibility index (Phi) is 5.13. The van der Waals surface area contributed by atoms with Crippen molar-refractivity contribution >= 4 is 0 Å². The van der Waals surface area contributed by atoms with Gasteiger partial charge in [-0.15, -0.1) is 0 Å². The molecule has 2 N–H and O–H groups in total. The molecular weight excluding hydrogens is 148 g/mol. The molecule has 0 saturated heterocycles. The predicted molar refractivity (Wildman–Crippen MR) is 54.5 cm³/mol. The Hall–Kier alpha value is -1.02. The van der Waals surface area contributed by atoms with E-state index in [1.807, 2.05) is 44.0 Å². The van der Waals surface area contributed by atoms with Crippen molar-refractivity contribution in [2.75, 3.05) is 13.7 Å². The zero-order valence-electron chi connectivity index (χ0n) is 8.17. The molecule has 0 fully saturated rings. The summed E-state index contributed by atoms with van der Waals surface area (Å²) in [7, 11) is 1.93. The first kappa shape index (κ1) is 11.0. The standard InChI is InChI=1S/C10H18N2/c1-5-6-7-9(2)10(3)12(4)8-11/h5-7H,3,8,11H2,1-2,4H3. The van der Waals surface area contributed by atoms with Crippen LogP contribution in [0.4, 0.5) is 0 Å². The van der Waals surface area contributed by atoms with E-state index in [1.54, 1.807) is 0 Å². The molecule has 0 aliphatic rings. The van der Waals surface area contributed by atoms with Crippen LogP contribution in [0, 0.1) is 0 Å². The predicted octanol–water partition coefficient (Wildman–Crippen LogP) is 1.87. The number of rotatable bonds is 4. The van der Waals surface area contributed by atoms with Gasteiger partial charge in [0, 0.05) is 12.7 Å². The van der Waals surface area contributed by atoms with Gasteiger partial charge >= 0.3 is 0 Å². The third-order valence-corrected chi connectivity index (χ3v) is 1.73. The van der Waals surface area contributed by atoms with Crippen molar-refractivity contribution in [2.45, 2.75) is 13.8 Å². The van der Waals surface area contributed by atoms with Gasteiger partial charge in [-0.25, -0.2) is 0 Å². The molecule has 0 aromatic heterocycles. The fraction of sp³-hybridized carbons (Fsp3) is 0.400. The molecule has 0 heterocycles. The average Bonchev–Trinajstić information content (AvgIpc) is 2.11. The Labute approximate surface area is 75.1 Å². The highest BCUT2D eigenvalue weighted by molar-refractivity contribution is 5.28. The first-order chi connectivity index (χ1) is 5.63. The monoisotopic (exact) mass is 166 g/mol. The lowest BCUT2D eigenvalue weighted by Crippen LogP contribution is -2.24. The molecule has 0 spiro atoms. The summed E-state index contributed by atoms with van der Waals surface area (Å²) in [4.78, 5) is 1.91. The maximum absolute atomic E-state index is 5.46. The smallest absolute Gasteiger partial charge is 0.0653 e. The molecular formula is C10H18N2. The van der Waals surface area contributed by atoms with Crippen molar-refractivity contribution in [3.05, 3.63) is 36.1 Å². The number of hydrogen-bond donors (Lipinski definition) is 1. The van der Waals surface area contributed by atoms with Gasteiger partial charge in [0.05, 0.1) is 6.67 Å². The SMILES string of the molecule is C=C(C(C)=CC=CC)N(C)CN. The van der Waals surface area contributed by atoms with Crippen LogP contribution in [0.1, 0.15) is 13.8 Å². The van der Waals surface area contributed by atoms with Crippen molar-refractivity contribution in [2.24, 2.45) is 5.73 Å². The van der Waals surface area contributed by atoms with E-state index in [0.717, 1.165) is 11.3 Å². The number of nitrogens with two attached hydrogens (primary N) is 1. The molecule has 0 bridgehead atoms. The third-order valence-electron chi connectivity index (χ3n) is 1.73. The first-order valence-corrected chi connectivity index (χ1v) is 4.03. The normalized spacial score (nSPS) is 12.2. The van der Waals surface area contributed by atoms with Crippen LogP contribution < -0.4 is 5.73 Å². The zero-order valence-corrected chi connectivity index (χ0v) is 8.17. The Morgan fingerprint density at radius 1 is 1.58 bits per heavy atom. The molecule has 0 rings (SSSR count). The Bertz CT molecular complexity index is 202. The quantitative estimate of drug-likeness (QED) is 0.510. The Morgan fingerprint density at radius 3 is 2.58 bits per heavy atom. The summed E-state index contributed by atoms with van der Waals surface area (Å²) in [5.41, 5.74) is 7.57. The average molecular weight is 166 g/mol. The molecule has 0 atom stereocenters. The Balaban J connectivity index is 4.28. The van der Waals surface area contributed by atoms with Crippen LogP contribution in [0.2, 0.25) is 0 Å². The second-order valence-corrected chi connectivity index (χ2v) is 2.70. The van der Waals surface area contributed by atoms with Crippen LogP contribution in [-0.2, 0) is 0 Å². The van der Waals surface area contributed by atoms with Gasteiger partial charge in [0.2, 0.25) is 0 Å². The van der Waals surface area contributed by atoms with E-state index in [0.29, 0.717) is 6.67 Å². The van der Waals surface area contributed by atoms with Gasteiger partial charge < -0.3 is 10.6 Å². The molecule has 0 radical (unpaired) electrons. The topological polar surface area (TPSA) is 29.3 Å². The van der Waals surface area contributed by atoms with Crippen LogP contribution in [0.3, 0.4) is 0 Å². The lowest BCUT2D eigenvalue weighted by molar-refractivity contribution is 0.440. The van der Waals surface area contributed by atoms with Crippen molar-refractivity contribution in [3.63, 3.8) is 0 Å². The summed E-state index contributed by atoms with van der Waals surface area (Å²) < 4.78 is 0. The van der Waals surface area contributed by atoms with Gasteiger partial charge in [0.25, 0.3) is 0 Å². The van der Waals surface area contributed by atoms with Gasteiger partial charge in [0.15, 0.2) is 0 Å². The van der Waals surface area contributed by atoms with E-state index in [4.69, 9.17) is 5.73 Å². The zero-order chi connectivity index (χ0) is 9.56. The van der Waals surface area contributed by atoms with E-state index in [2.05, 4.69) is 6.58 Å². The van der Waals surface area contributed by atoms with E-state index >= 15 is 0 Å². The van der Waals surface area contributed by atoms with Crippen LogP contribution in [0.25, 0.3) is 0 Å². The van der Waals surface area contributed by atoms with Crippen molar-refractivity contribution in [3.8, 4) is 0 Å². The van der Waals surface area contributed by atoms with Crippen molar-refractivity contribution < 1.29 is 0 Å². The number of nitrogens with zero attached hydrogens (tertiary/aromatic N) is 1. The van der Waals surface area contributed by atoms with Gasteiger partial charge in [-0.3, -0.25) is 0 Å². The summed E-state index contributed by atoms with van der Waals surface area (Å²) >= 11 is 0. The summed E-state index contributed by atoms with van der Waals surface area (Å²) in [5, 5.41) is 0. The molecule has 0 unspecified atom stereocenters. The minimum Gasteiger partial charge on any atom is -0.362 e. The molecule has 0 aromatic carbocycles. The highest BCUT2D eigenvalue weighted by Crippen LogP contribution is 2.09. The van der Waals surface area contributed by atoms with Crippen LogP contribution in [0.15, 0.2) is 36.1 Å². The van der Waals surface area contributed by atoms with Crippen molar-refractivity contribution in [1.82, 2.24) is 4.90 Å². The number of allylic oxidation sites excluding steroid dienone is 4. The van der Waals surface area contributed by atoms with Crippen LogP contribution in [0.5, 0.6) is 0 Å². The van der Waals surface area contributed by atoms with Crippen LogP contribution >= 0.6 is 0 Å². The first-order valence-electron chi connectivity index (χ1n) is 4.03. The summed E-state index contributed by atoms with van der Waals surface area (Å²) in [6, 6.07) is 0. The summed E-state index contributed by atoms with van der Waals surface area (Å²) in [5.74, 6) is 0. The fourth-order valence-electron chi connectivity index (χ4n) is 0.748. The lowest BCUT2D eigenvalue weighted by Gasteiger charge is -2.19. The van der Waals surface area contributed by atoms with E-state index in [9.17, 15) is 0 Å². The van der Waals surface area contributed by atoms with Gasteiger partial charge in [-0.2, -0.15) is 0 Å². The highest BCUT2D eigenvalue weighted by atomic mass is 15.2. The fourth-order valence-corrected chi connectivity index (χ4v) is 0.748. The lowest BCUT2D eigenvalue weighted by atomic mass is 10.2. The number of likely N-dealkylation sites (N-methyl/N-ethyl adjacent to an activating group) is 1. The molecule has 0 aromatic rings. The summed E-state index contributed by atoms with van der Waals surface area (Å²) in [6.45, 7) is 8.43. The van der Waals surface area contributed by atoms with Gasteiger partial charge in [0.1, 0.15) is 0 Å².